The number of hydrogen-bond donors (Lipinski definition) is 0. The number of halogens is 2. The van der Waals surface area contributed by atoms with Crippen LogP contribution in [0.3, 0.4) is 0 Å². The van der Waals surface area contributed by atoms with E-state index < -0.39 is 11.6 Å². The lowest BCUT2D eigenvalue weighted by Gasteiger charge is -2.22. The molecule has 0 radical (unpaired) electrons. The van der Waals surface area contributed by atoms with Gasteiger partial charge in [0.25, 0.3) is 0 Å². The van der Waals surface area contributed by atoms with Gasteiger partial charge in [0.2, 0.25) is 5.82 Å². The number of aryl methyl sites for hydroxylation is 1. The van der Waals surface area contributed by atoms with Crippen LogP contribution in [0.1, 0.15) is 52.7 Å². The molecule has 0 fully saturated rings. The number of ether oxygens (including phenoxy) is 1. The zero-order chi connectivity index (χ0) is 24.0. The number of fused-ring (bicyclic) bond motifs is 1. The molecule has 33 heavy (non-hydrogen) atoms. The van der Waals surface area contributed by atoms with Crippen molar-refractivity contribution < 1.29 is 13.5 Å². The molecule has 2 aromatic heterocycles. The molecule has 0 atom stereocenters. The Hall–Kier alpha value is -3.22. The summed E-state index contributed by atoms with van der Waals surface area (Å²) in [6.07, 6.45) is 8.10. The largest absolute Gasteiger partial charge is 0.489 e. The van der Waals surface area contributed by atoms with Gasteiger partial charge < -0.3 is 9.14 Å². The first-order valence-corrected chi connectivity index (χ1v) is 11.3. The minimum atomic E-state index is -0.978. The smallest absolute Gasteiger partial charge is 0.201 e. The normalized spacial score (nSPS) is 12.5. The average Bonchev–Trinajstić information content (AvgIpc) is 3.19. The molecule has 2 heterocycles. The Morgan fingerprint density at radius 2 is 2.00 bits per heavy atom. The fraction of sp³-hybridized carbons (Fsp3) is 0.385. The Balaban J connectivity index is 1.83. The third-order valence-corrected chi connectivity index (χ3v) is 5.76. The molecule has 0 bridgehead atoms. The molecule has 1 aromatic carbocycles. The lowest BCUT2D eigenvalue weighted by Crippen LogP contribution is -2.18. The zero-order valence-corrected chi connectivity index (χ0v) is 20.0. The van der Waals surface area contributed by atoms with Crippen molar-refractivity contribution in [3.05, 3.63) is 65.3 Å². The zero-order valence-electron chi connectivity index (χ0n) is 20.0. The summed E-state index contributed by atoms with van der Waals surface area (Å²) in [5, 5.41) is 6.43. The van der Waals surface area contributed by atoms with Crippen LogP contribution in [0.25, 0.3) is 16.8 Å². The summed E-state index contributed by atoms with van der Waals surface area (Å²) < 4.78 is 36.6. The molecule has 0 amide bonds. The summed E-state index contributed by atoms with van der Waals surface area (Å²) in [6, 6.07) is 6.37. The van der Waals surface area contributed by atoms with Gasteiger partial charge in [-0.15, -0.1) is 0 Å². The molecule has 0 saturated carbocycles. The highest BCUT2D eigenvalue weighted by Gasteiger charge is 2.18. The van der Waals surface area contributed by atoms with Crippen LogP contribution < -0.4 is 4.74 Å². The molecule has 3 rings (SSSR count). The highest BCUT2D eigenvalue weighted by Crippen LogP contribution is 2.34. The molecular formula is C26H32F2N4O. The second-order valence-electron chi connectivity index (χ2n) is 8.10. The molecule has 0 aliphatic heterocycles. The molecule has 3 aromatic rings. The fourth-order valence-corrected chi connectivity index (χ4v) is 3.63. The number of benzene rings is 1. The second kappa shape index (κ2) is 11.1. The van der Waals surface area contributed by atoms with Gasteiger partial charge in [-0.05, 0) is 64.0 Å². The first-order valence-electron chi connectivity index (χ1n) is 11.3. The lowest BCUT2D eigenvalue weighted by atomic mass is 10.1. The third kappa shape index (κ3) is 5.59. The molecule has 176 valence electrons. The van der Waals surface area contributed by atoms with Crippen LogP contribution in [0.5, 0.6) is 5.75 Å². The number of allylic oxidation sites excluding steroid dienone is 1. The minimum absolute atomic E-state index is 0.0769. The summed E-state index contributed by atoms with van der Waals surface area (Å²) >= 11 is 0. The molecule has 0 aliphatic carbocycles. The maximum absolute atomic E-state index is 14.8. The van der Waals surface area contributed by atoms with E-state index in [1.807, 2.05) is 55.4 Å². The molecule has 5 nitrogen and oxygen atoms in total. The average molecular weight is 455 g/mol. The van der Waals surface area contributed by atoms with Gasteiger partial charge >= 0.3 is 0 Å². The topological polar surface area (TPSA) is 42.1 Å². The van der Waals surface area contributed by atoms with Gasteiger partial charge in [-0.3, -0.25) is 5.01 Å². The van der Waals surface area contributed by atoms with Crippen LogP contribution in [-0.4, -0.2) is 33.8 Å². The fourth-order valence-electron chi connectivity index (χ4n) is 3.63. The maximum Gasteiger partial charge on any atom is 0.201 e. The van der Waals surface area contributed by atoms with E-state index in [9.17, 15) is 8.78 Å². The van der Waals surface area contributed by atoms with E-state index >= 15 is 0 Å². The van der Waals surface area contributed by atoms with Crippen molar-refractivity contribution in [1.29, 1.82) is 0 Å². The maximum atomic E-state index is 14.8. The van der Waals surface area contributed by atoms with Gasteiger partial charge in [-0.25, -0.2) is 9.37 Å². The Morgan fingerprint density at radius 1 is 1.21 bits per heavy atom. The van der Waals surface area contributed by atoms with E-state index in [1.54, 1.807) is 18.5 Å². The van der Waals surface area contributed by atoms with Crippen LogP contribution in [0.4, 0.5) is 8.78 Å². The number of aromatic nitrogens is 2. The van der Waals surface area contributed by atoms with E-state index in [2.05, 4.69) is 17.0 Å². The Labute approximate surface area is 194 Å². The molecule has 0 aliphatic rings. The van der Waals surface area contributed by atoms with Crippen molar-refractivity contribution in [1.82, 2.24) is 14.4 Å². The van der Waals surface area contributed by atoms with Crippen molar-refractivity contribution in [3.63, 3.8) is 0 Å². The van der Waals surface area contributed by atoms with Crippen molar-refractivity contribution in [2.75, 3.05) is 13.2 Å². The standard InChI is InChI=1S/C26H32F2N4O/c1-6-8-14-32(30-7-2)20(5)18(3)13-15-33-26-22(10-11-23(27)25(26)28)21-9-12-24-29-16-19(4)31(24)17-21/h7,9-12,16-17H,6,8,13-15H2,1-5H3/b20-18+,30-7-. The van der Waals surface area contributed by atoms with Crippen LogP contribution in [0.15, 0.2) is 53.0 Å². The predicted molar refractivity (Wildman–Crippen MR) is 130 cm³/mol. The van der Waals surface area contributed by atoms with E-state index in [-0.39, 0.29) is 12.4 Å². The number of unbranched alkanes of at least 4 members (excludes halogenated alkanes) is 1. The minimum Gasteiger partial charge on any atom is -0.489 e. The van der Waals surface area contributed by atoms with E-state index in [0.29, 0.717) is 12.0 Å². The number of rotatable bonds is 10. The number of pyridine rings is 1. The Kier molecular flexibility index (Phi) is 8.20. The van der Waals surface area contributed by atoms with Crippen molar-refractivity contribution in [2.24, 2.45) is 5.10 Å². The monoisotopic (exact) mass is 454 g/mol. The summed E-state index contributed by atoms with van der Waals surface area (Å²) in [6.45, 7) is 11.1. The molecule has 7 heteroatoms. The van der Waals surface area contributed by atoms with Gasteiger partial charge in [0, 0.05) is 54.1 Å². The molecular weight excluding hydrogens is 422 g/mol. The summed E-state index contributed by atoms with van der Waals surface area (Å²) in [5.41, 5.74) is 5.11. The van der Waals surface area contributed by atoms with Gasteiger partial charge in [-0.1, -0.05) is 13.3 Å². The molecule has 0 N–H and O–H groups in total. The van der Waals surface area contributed by atoms with Crippen LogP contribution in [0, 0.1) is 18.6 Å². The molecule has 0 saturated heterocycles. The van der Waals surface area contributed by atoms with Crippen molar-refractivity contribution >= 4 is 11.9 Å². The van der Waals surface area contributed by atoms with Gasteiger partial charge in [0.1, 0.15) is 5.65 Å². The van der Waals surface area contributed by atoms with E-state index in [1.165, 1.54) is 0 Å². The van der Waals surface area contributed by atoms with Gasteiger partial charge in [0.05, 0.1) is 6.61 Å². The Bertz CT molecular complexity index is 1170. The summed E-state index contributed by atoms with van der Waals surface area (Å²) in [4.78, 5) is 4.32. The SMILES string of the molecule is C/C=N\N(CCCC)/C(C)=C(\C)CCOc1c(-c2ccc3ncc(C)n3c2)ccc(F)c1F. The highest BCUT2D eigenvalue weighted by molar-refractivity contribution is 5.71. The van der Waals surface area contributed by atoms with Crippen LogP contribution in [0.2, 0.25) is 0 Å². The number of hydrazone groups is 1. The first kappa shape index (κ1) is 24.4. The van der Waals surface area contributed by atoms with E-state index in [4.69, 9.17) is 4.74 Å². The van der Waals surface area contributed by atoms with E-state index in [0.717, 1.165) is 53.6 Å². The molecule has 0 unspecified atom stereocenters. The first-order chi connectivity index (χ1) is 15.9. The summed E-state index contributed by atoms with van der Waals surface area (Å²) in [7, 11) is 0. The number of imidazole rings is 1. The second-order valence-corrected chi connectivity index (χ2v) is 8.10. The highest BCUT2D eigenvalue weighted by atomic mass is 19.2. The lowest BCUT2D eigenvalue weighted by molar-refractivity contribution is 0.296. The Morgan fingerprint density at radius 3 is 2.73 bits per heavy atom. The number of hydrogen-bond acceptors (Lipinski definition) is 4. The summed E-state index contributed by atoms with van der Waals surface area (Å²) in [5.74, 6) is -1.99. The van der Waals surface area contributed by atoms with Gasteiger partial charge in [0.15, 0.2) is 11.6 Å². The molecule has 0 spiro atoms. The van der Waals surface area contributed by atoms with Crippen LogP contribution >= 0.6 is 0 Å². The van der Waals surface area contributed by atoms with Gasteiger partial charge in [-0.2, -0.15) is 9.49 Å². The quantitative estimate of drug-likeness (QED) is 0.251. The van der Waals surface area contributed by atoms with Crippen molar-refractivity contribution in [3.8, 4) is 16.9 Å². The third-order valence-electron chi connectivity index (χ3n) is 5.76. The predicted octanol–water partition coefficient (Wildman–Crippen LogP) is 6.76. The number of nitrogens with zero attached hydrogens (tertiary/aromatic N) is 4. The van der Waals surface area contributed by atoms with Crippen LogP contribution in [-0.2, 0) is 0 Å². The van der Waals surface area contributed by atoms with Crippen molar-refractivity contribution in [2.45, 2.75) is 53.9 Å².